The van der Waals surface area contributed by atoms with Gasteiger partial charge >= 0.3 is 6.03 Å². The summed E-state index contributed by atoms with van der Waals surface area (Å²) < 4.78 is 0. The summed E-state index contributed by atoms with van der Waals surface area (Å²) in [6.07, 6.45) is 0. The number of amides is 5. The van der Waals surface area contributed by atoms with Crippen LogP contribution in [-0.4, -0.2) is 23.8 Å². The molecule has 5 amide bonds. The first kappa shape index (κ1) is 16.4. The zero-order valence-corrected chi connectivity index (χ0v) is 13.3. The van der Waals surface area contributed by atoms with Crippen molar-refractivity contribution in [3.63, 3.8) is 0 Å². The third kappa shape index (κ3) is 2.87. The average Bonchev–Trinajstić information content (AvgIpc) is 2.58. The number of barbiturate groups is 1. The molecule has 2 aromatic rings. The van der Waals surface area contributed by atoms with E-state index in [1.807, 2.05) is 23.6 Å². The molecular weight excluding hydrogens is 322 g/mol. The highest BCUT2D eigenvalue weighted by Crippen LogP contribution is 2.25. The van der Waals surface area contributed by atoms with Crippen molar-refractivity contribution in [3.05, 3.63) is 71.3 Å². The maximum Gasteiger partial charge on any atom is 0.328 e. The average molecular weight is 337 g/mol. The Bertz CT molecular complexity index is 857. The fraction of sp³-hybridized carbons (Fsp3) is 0.111. The number of hydrogen-bond acceptors (Lipinski definition) is 4. The number of rotatable bonds is 3. The van der Waals surface area contributed by atoms with Crippen molar-refractivity contribution >= 4 is 23.8 Å². The molecule has 3 N–H and O–H groups in total. The van der Waals surface area contributed by atoms with E-state index >= 15 is 0 Å². The lowest BCUT2D eigenvalue weighted by Gasteiger charge is -2.34. The monoisotopic (exact) mass is 337 g/mol. The summed E-state index contributed by atoms with van der Waals surface area (Å²) in [5.74, 6) is -2.42. The molecule has 126 valence electrons. The lowest BCUT2D eigenvalue weighted by atomic mass is 9.86. The van der Waals surface area contributed by atoms with E-state index in [2.05, 4.69) is 5.32 Å². The second kappa shape index (κ2) is 6.20. The lowest BCUT2D eigenvalue weighted by Crippen LogP contribution is -2.71. The second-order valence-corrected chi connectivity index (χ2v) is 5.68. The SMILES string of the molecule is Cc1cccc(C(=O)NC2(c3ccccc3)C(=O)NC(=O)NC2=O)c1. The number of benzene rings is 2. The van der Waals surface area contributed by atoms with Crippen LogP contribution in [0.4, 0.5) is 4.79 Å². The van der Waals surface area contributed by atoms with Gasteiger partial charge in [-0.05, 0) is 24.6 Å². The second-order valence-electron chi connectivity index (χ2n) is 5.68. The molecule has 1 aliphatic heterocycles. The van der Waals surface area contributed by atoms with E-state index in [0.29, 0.717) is 5.56 Å². The molecule has 2 aromatic carbocycles. The number of aryl methyl sites for hydroxylation is 1. The predicted octanol–water partition coefficient (Wildman–Crippen LogP) is 0.986. The quantitative estimate of drug-likeness (QED) is 0.726. The Hall–Kier alpha value is -3.48. The van der Waals surface area contributed by atoms with Crippen LogP contribution in [0.3, 0.4) is 0 Å². The molecule has 0 aromatic heterocycles. The van der Waals surface area contributed by atoms with Crippen molar-refractivity contribution in [3.8, 4) is 0 Å². The van der Waals surface area contributed by atoms with Gasteiger partial charge in [0.15, 0.2) is 0 Å². The van der Waals surface area contributed by atoms with Gasteiger partial charge in [-0.3, -0.25) is 25.0 Å². The lowest BCUT2D eigenvalue weighted by molar-refractivity contribution is -0.139. The molecule has 0 spiro atoms. The number of urea groups is 1. The van der Waals surface area contributed by atoms with Crippen LogP contribution < -0.4 is 16.0 Å². The van der Waals surface area contributed by atoms with Crippen molar-refractivity contribution < 1.29 is 19.2 Å². The molecule has 25 heavy (non-hydrogen) atoms. The molecule has 0 saturated carbocycles. The standard InChI is InChI=1S/C18H15N3O4/c1-11-6-5-7-12(10-11)14(22)21-18(13-8-3-2-4-9-13)15(23)19-17(25)20-16(18)24/h2-10H,1H3,(H,21,22)(H2,19,20,23,24,25). The number of imide groups is 2. The highest BCUT2D eigenvalue weighted by molar-refractivity contribution is 6.24. The summed E-state index contributed by atoms with van der Waals surface area (Å²) in [7, 11) is 0. The molecule has 0 bridgehead atoms. The van der Waals surface area contributed by atoms with Crippen molar-refractivity contribution in [1.29, 1.82) is 0 Å². The number of carbonyl (C=O) groups is 4. The molecule has 1 heterocycles. The molecule has 3 rings (SSSR count). The van der Waals surface area contributed by atoms with Gasteiger partial charge in [-0.2, -0.15) is 0 Å². The normalized spacial score (nSPS) is 16.0. The Morgan fingerprint density at radius 3 is 2.16 bits per heavy atom. The van der Waals surface area contributed by atoms with E-state index in [1.165, 1.54) is 12.1 Å². The Balaban J connectivity index is 2.06. The topological polar surface area (TPSA) is 104 Å². The van der Waals surface area contributed by atoms with Crippen LogP contribution in [0.5, 0.6) is 0 Å². The van der Waals surface area contributed by atoms with Crippen LogP contribution in [0.2, 0.25) is 0 Å². The molecule has 0 aliphatic carbocycles. The number of carbonyl (C=O) groups excluding carboxylic acids is 4. The van der Waals surface area contributed by atoms with Crippen LogP contribution >= 0.6 is 0 Å². The highest BCUT2D eigenvalue weighted by Gasteiger charge is 2.53. The predicted molar refractivity (Wildman–Crippen MR) is 88.4 cm³/mol. The van der Waals surface area contributed by atoms with Crippen LogP contribution in [0.15, 0.2) is 54.6 Å². The molecule has 1 saturated heterocycles. The van der Waals surface area contributed by atoms with E-state index in [4.69, 9.17) is 0 Å². The van der Waals surface area contributed by atoms with Gasteiger partial charge in [0.1, 0.15) is 0 Å². The summed E-state index contributed by atoms with van der Waals surface area (Å²) in [6, 6.07) is 13.8. The fourth-order valence-corrected chi connectivity index (χ4v) is 2.69. The third-order valence-corrected chi connectivity index (χ3v) is 3.92. The zero-order valence-electron chi connectivity index (χ0n) is 13.3. The first-order chi connectivity index (χ1) is 11.9. The Labute approximate surface area is 143 Å². The molecule has 0 unspecified atom stereocenters. The van der Waals surface area contributed by atoms with Gasteiger partial charge in [-0.15, -0.1) is 0 Å². The summed E-state index contributed by atoms with van der Waals surface area (Å²) in [6.45, 7) is 1.82. The van der Waals surface area contributed by atoms with E-state index < -0.39 is 29.3 Å². The van der Waals surface area contributed by atoms with E-state index in [-0.39, 0.29) is 5.56 Å². The summed E-state index contributed by atoms with van der Waals surface area (Å²) in [5, 5.41) is 6.58. The Kier molecular flexibility index (Phi) is 4.06. The van der Waals surface area contributed by atoms with Gasteiger partial charge in [0.05, 0.1) is 0 Å². The molecule has 7 heteroatoms. The smallest absolute Gasteiger partial charge is 0.326 e. The molecule has 1 fully saturated rings. The van der Waals surface area contributed by atoms with Crippen molar-refractivity contribution in [2.75, 3.05) is 0 Å². The van der Waals surface area contributed by atoms with Crippen molar-refractivity contribution in [2.45, 2.75) is 12.5 Å². The van der Waals surface area contributed by atoms with Crippen molar-refractivity contribution in [2.24, 2.45) is 0 Å². The molecular formula is C18H15N3O4. The minimum atomic E-state index is -2.03. The van der Waals surface area contributed by atoms with Crippen LogP contribution in [0, 0.1) is 6.92 Å². The van der Waals surface area contributed by atoms with E-state index in [1.54, 1.807) is 36.4 Å². The van der Waals surface area contributed by atoms with Gasteiger partial charge < -0.3 is 5.32 Å². The number of hydrogen-bond donors (Lipinski definition) is 3. The summed E-state index contributed by atoms with van der Waals surface area (Å²) in [4.78, 5) is 49.2. The van der Waals surface area contributed by atoms with Crippen LogP contribution in [0.25, 0.3) is 0 Å². The molecule has 0 atom stereocenters. The number of nitrogens with one attached hydrogen (secondary N) is 3. The van der Waals surface area contributed by atoms with Gasteiger partial charge in [0.25, 0.3) is 17.7 Å². The maximum atomic E-state index is 12.7. The molecule has 1 aliphatic rings. The first-order valence-electron chi connectivity index (χ1n) is 7.55. The summed E-state index contributed by atoms with van der Waals surface area (Å²) in [5.41, 5.74) is -0.629. The third-order valence-electron chi connectivity index (χ3n) is 3.92. The first-order valence-corrected chi connectivity index (χ1v) is 7.55. The zero-order chi connectivity index (χ0) is 18.0. The van der Waals surface area contributed by atoms with Gasteiger partial charge in [-0.1, -0.05) is 48.0 Å². The Morgan fingerprint density at radius 1 is 0.920 bits per heavy atom. The van der Waals surface area contributed by atoms with Crippen LogP contribution in [0.1, 0.15) is 21.5 Å². The maximum absolute atomic E-state index is 12.7. The highest BCUT2D eigenvalue weighted by atomic mass is 16.2. The Morgan fingerprint density at radius 2 is 1.56 bits per heavy atom. The van der Waals surface area contributed by atoms with Gasteiger partial charge in [0, 0.05) is 5.56 Å². The van der Waals surface area contributed by atoms with Crippen LogP contribution in [-0.2, 0) is 15.1 Å². The van der Waals surface area contributed by atoms with E-state index in [0.717, 1.165) is 5.56 Å². The van der Waals surface area contributed by atoms with Gasteiger partial charge in [-0.25, -0.2) is 4.79 Å². The largest absolute Gasteiger partial charge is 0.328 e. The summed E-state index contributed by atoms with van der Waals surface area (Å²) >= 11 is 0. The molecule has 7 nitrogen and oxygen atoms in total. The fourth-order valence-electron chi connectivity index (χ4n) is 2.69. The minimum absolute atomic E-state index is 0.249. The minimum Gasteiger partial charge on any atom is -0.326 e. The van der Waals surface area contributed by atoms with E-state index in [9.17, 15) is 19.2 Å². The van der Waals surface area contributed by atoms with Gasteiger partial charge in [0.2, 0.25) is 5.54 Å². The molecule has 0 radical (unpaired) electrons. The van der Waals surface area contributed by atoms with Crippen molar-refractivity contribution in [1.82, 2.24) is 16.0 Å².